The van der Waals surface area contributed by atoms with Gasteiger partial charge in [-0.3, -0.25) is 19.7 Å². The maximum Gasteiger partial charge on any atom is 0.433 e. The van der Waals surface area contributed by atoms with Crippen LogP contribution >= 0.6 is 0 Å². The van der Waals surface area contributed by atoms with Gasteiger partial charge in [-0.05, 0) is 12.1 Å². The van der Waals surface area contributed by atoms with Crippen molar-refractivity contribution in [2.75, 3.05) is 6.54 Å². The Kier molecular flexibility index (Phi) is 4.69. The van der Waals surface area contributed by atoms with Crippen molar-refractivity contribution >= 4 is 11.8 Å². The summed E-state index contributed by atoms with van der Waals surface area (Å²) in [6.07, 6.45) is 0.525. The fourth-order valence-corrected chi connectivity index (χ4v) is 1.75. The number of nitrogens with one attached hydrogen (secondary N) is 1. The van der Waals surface area contributed by atoms with E-state index in [2.05, 4.69) is 5.32 Å². The minimum absolute atomic E-state index is 0.0122. The molecule has 0 aliphatic rings. The largest absolute Gasteiger partial charge is 0.433 e. The number of aliphatic hydroxyl groups excluding tert-OH is 1. The van der Waals surface area contributed by atoms with Gasteiger partial charge >= 0.3 is 5.88 Å². The lowest BCUT2D eigenvalue weighted by molar-refractivity contribution is -0.402. The predicted molar refractivity (Wildman–Crippen MR) is 74.4 cm³/mol. The number of nitro groups is 1. The zero-order chi connectivity index (χ0) is 16.1. The summed E-state index contributed by atoms with van der Waals surface area (Å²) in [7, 11) is 0. The van der Waals surface area contributed by atoms with Gasteiger partial charge in [0.05, 0.1) is 18.7 Å². The van der Waals surface area contributed by atoms with Gasteiger partial charge < -0.3 is 19.4 Å². The van der Waals surface area contributed by atoms with Crippen molar-refractivity contribution in [3.63, 3.8) is 0 Å². The van der Waals surface area contributed by atoms with Crippen molar-refractivity contribution < 1.29 is 19.2 Å². The van der Waals surface area contributed by atoms with Crippen molar-refractivity contribution in [1.82, 2.24) is 9.88 Å². The molecule has 1 atom stereocenters. The smallest absolute Gasteiger partial charge is 0.395 e. The van der Waals surface area contributed by atoms with Crippen LogP contribution < -0.4 is 10.9 Å². The number of hydrogen-bond donors (Lipinski definition) is 2. The first kappa shape index (κ1) is 15.4. The highest BCUT2D eigenvalue weighted by Gasteiger charge is 2.18. The number of rotatable bonds is 6. The molecule has 0 saturated carbocycles. The Bertz CT molecular complexity index is 735. The van der Waals surface area contributed by atoms with Crippen LogP contribution in [0.5, 0.6) is 0 Å². The molecule has 0 aliphatic heterocycles. The van der Waals surface area contributed by atoms with Crippen LogP contribution in [0.1, 0.15) is 10.6 Å². The molecule has 2 rings (SSSR count). The molecule has 2 N–H and O–H groups in total. The van der Waals surface area contributed by atoms with Crippen LogP contribution in [-0.4, -0.2) is 33.2 Å². The first-order valence-corrected chi connectivity index (χ1v) is 6.33. The van der Waals surface area contributed by atoms with Gasteiger partial charge in [-0.25, -0.2) is 0 Å². The van der Waals surface area contributed by atoms with Gasteiger partial charge in [0.2, 0.25) is 0 Å². The summed E-state index contributed by atoms with van der Waals surface area (Å²) in [5, 5.41) is 22.6. The van der Waals surface area contributed by atoms with Crippen molar-refractivity contribution in [2.45, 2.75) is 12.6 Å². The molecule has 0 aromatic carbocycles. The standard InChI is InChI=1S/C13H13N3O6/c17-9(8-15-6-2-1-3-11(15)18)7-14-13(19)10-4-5-12(22-10)16(20)21/h1-6,9,17H,7-8H2,(H,14,19). The van der Waals surface area contributed by atoms with E-state index in [4.69, 9.17) is 4.42 Å². The number of aromatic nitrogens is 1. The zero-order valence-corrected chi connectivity index (χ0v) is 11.3. The third kappa shape index (κ3) is 3.79. The average molecular weight is 307 g/mol. The number of nitrogens with zero attached hydrogens (tertiary/aromatic N) is 2. The molecule has 0 radical (unpaired) electrons. The molecule has 0 spiro atoms. The van der Waals surface area contributed by atoms with E-state index in [-0.39, 0.29) is 24.4 Å². The topological polar surface area (TPSA) is 128 Å². The van der Waals surface area contributed by atoms with E-state index in [0.29, 0.717) is 0 Å². The summed E-state index contributed by atoms with van der Waals surface area (Å²) in [6, 6.07) is 6.81. The highest BCUT2D eigenvalue weighted by molar-refractivity contribution is 5.91. The molecule has 1 amide bonds. The minimum atomic E-state index is -0.992. The molecule has 0 bridgehead atoms. The second kappa shape index (κ2) is 6.68. The lowest BCUT2D eigenvalue weighted by atomic mass is 10.3. The van der Waals surface area contributed by atoms with Gasteiger partial charge in [-0.15, -0.1) is 0 Å². The number of pyridine rings is 1. The Hall–Kier alpha value is -2.94. The molecule has 0 fully saturated rings. The fourth-order valence-electron chi connectivity index (χ4n) is 1.75. The van der Waals surface area contributed by atoms with Gasteiger partial charge in [0, 0.05) is 18.8 Å². The van der Waals surface area contributed by atoms with Crippen LogP contribution in [-0.2, 0) is 6.54 Å². The van der Waals surface area contributed by atoms with Crippen LogP contribution in [0.15, 0.2) is 45.7 Å². The van der Waals surface area contributed by atoms with Crippen LogP contribution in [0, 0.1) is 10.1 Å². The van der Waals surface area contributed by atoms with Gasteiger partial charge in [0.1, 0.15) is 4.92 Å². The summed E-state index contributed by atoms with van der Waals surface area (Å²) >= 11 is 0. The molecule has 116 valence electrons. The predicted octanol–water partition coefficient (Wildman–Crippen LogP) is 0.140. The molecule has 0 aliphatic carbocycles. The molecular formula is C13H13N3O6. The normalized spacial score (nSPS) is 11.9. The highest BCUT2D eigenvalue weighted by atomic mass is 16.6. The maximum absolute atomic E-state index is 11.7. The molecule has 22 heavy (non-hydrogen) atoms. The lowest BCUT2D eigenvalue weighted by Gasteiger charge is -2.12. The monoisotopic (exact) mass is 307 g/mol. The fraction of sp³-hybridized carbons (Fsp3) is 0.231. The van der Waals surface area contributed by atoms with E-state index in [9.17, 15) is 24.8 Å². The first-order valence-electron chi connectivity index (χ1n) is 6.33. The number of furan rings is 1. The van der Waals surface area contributed by atoms with E-state index in [0.717, 1.165) is 6.07 Å². The molecule has 9 heteroatoms. The third-order valence-corrected chi connectivity index (χ3v) is 2.80. The number of aliphatic hydroxyl groups is 1. The van der Waals surface area contributed by atoms with E-state index >= 15 is 0 Å². The molecule has 2 aromatic rings. The number of hydrogen-bond acceptors (Lipinski definition) is 6. The molecule has 2 heterocycles. The third-order valence-electron chi connectivity index (χ3n) is 2.80. The highest BCUT2D eigenvalue weighted by Crippen LogP contribution is 2.15. The van der Waals surface area contributed by atoms with Gasteiger partial charge in [-0.2, -0.15) is 0 Å². The molecule has 1 unspecified atom stereocenters. The van der Waals surface area contributed by atoms with E-state index in [1.165, 1.54) is 22.9 Å². The summed E-state index contributed by atoms with van der Waals surface area (Å²) in [6.45, 7) is -0.118. The van der Waals surface area contributed by atoms with Gasteiger partial charge in [-0.1, -0.05) is 6.07 Å². The van der Waals surface area contributed by atoms with Crippen molar-refractivity contribution in [2.24, 2.45) is 0 Å². The van der Waals surface area contributed by atoms with Crippen LogP contribution in [0.3, 0.4) is 0 Å². The van der Waals surface area contributed by atoms with Gasteiger partial charge in [0.25, 0.3) is 11.5 Å². The van der Waals surface area contributed by atoms with E-state index < -0.39 is 22.8 Å². The summed E-state index contributed by atoms with van der Waals surface area (Å²) < 4.78 is 6.03. The van der Waals surface area contributed by atoms with Crippen LogP contribution in [0.25, 0.3) is 0 Å². The number of amides is 1. The number of carbonyl (C=O) groups excluding carboxylic acids is 1. The molecular weight excluding hydrogens is 294 g/mol. The van der Waals surface area contributed by atoms with Crippen LogP contribution in [0.4, 0.5) is 5.88 Å². The summed E-state index contributed by atoms with van der Waals surface area (Å²) in [5.74, 6) is -1.45. The SMILES string of the molecule is O=C(NCC(O)Cn1ccccc1=O)c1ccc([N+](=O)[O-])o1. The zero-order valence-electron chi connectivity index (χ0n) is 11.3. The van der Waals surface area contributed by atoms with Gasteiger partial charge in [0.15, 0.2) is 5.76 Å². The molecule has 9 nitrogen and oxygen atoms in total. The minimum Gasteiger partial charge on any atom is -0.395 e. The summed E-state index contributed by atoms with van der Waals surface area (Å²) in [4.78, 5) is 32.9. The Morgan fingerprint density at radius 2 is 2.18 bits per heavy atom. The van der Waals surface area contributed by atoms with Crippen molar-refractivity contribution in [3.8, 4) is 0 Å². The summed E-state index contributed by atoms with van der Waals surface area (Å²) in [5.41, 5.74) is -0.269. The average Bonchev–Trinajstić information content (AvgIpc) is 2.97. The molecule has 0 saturated heterocycles. The Labute approximate surface area is 123 Å². The lowest BCUT2D eigenvalue weighted by Crippen LogP contribution is -2.36. The second-order valence-electron chi connectivity index (χ2n) is 4.45. The van der Waals surface area contributed by atoms with E-state index in [1.54, 1.807) is 12.1 Å². The molecule has 2 aromatic heterocycles. The quantitative estimate of drug-likeness (QED) is 0.577. The van der Waals surface area contributed by atoms with Crippen molar-refractivity contribution in [1.29, 1.82) is 0 Å². The maximum atomic E-state index is 11.7. The Morgan fingerprint density at radius 1 is 1.41 bits per heavy atom. The Morgan fingerprint density at radius 3 is 2.82 bits per heavy atom. The second-order valence-corrected chi connectivity index (χ2v) is 4.45. The van der Waals surface area contributed by atoms with Crippen molar-refractivity contribution in [3.05, 3.63) is 62.8 Å². The number of carbonyl (C=O) groups is 1. The van der Waals surface area contributed by atoms with Crippen LogP contribution in [0.2, 0.25) is 0 Å². The first-order chi connectivity index (χ1) is 10.5. The Balaban J connectivity index is 1.89. The van der Waals surface area contributed by atoms with E-state index in [1.807, 2.05) is 0 Å².